The summed E-state index contributed by atoms with van der Waals surface area (Å²) in [4.78, 5) is 26.6. The van der Waals surface area contributed by atoms with Crippen LogP contribution in [0.15, 0.2) is 24.3 Å². The average molecular weight is 374 g/mol. The van der Waals surface area contributed by atoms with Crippen molar-refractivity contribution < 1.29 is 9.53 Å². The zero-order valence-corrected chi connectivity index (χ0v) is 15.5. The summed E-state index contributed by atoms with van der Waals surface area (Å²) in [5.74, 6) is 2.09. The zero-order valence-electron chi connectivity index (χ0n) is 14.6. The molecule has 0 saturated carbocycles. The van der Waals surface area contributed by atoms with Gasteiger partial charge in [-0.15, -0.1) is 11.8 Å². The molecule has 0 radical (unpaired) electrons. The second kappa shape index (κ2) is 8.81. The number of ether oxygens (including phenoxy) is 1. The molecule has 2 heterocycles. The molecule has 1 aromatic heterocycles. The Labute approximate surface area is 156 Å². The molecule has 1 fully saturated rings. The van der Waals surface area contributed by atoms with Crippen LogP contribution in [0.25, 0.3) is 0 Å². The van der Waals surface area contributed by atoms with E-state index >= 15 is 0 Å². The molecule has 3 N–H and O–H groups in total. The van der Waals surface area contributed by atoms with Gasteiger partial charge in [0.1, 0.15) is 5.82 Å². The van der Waals surface area contributed by atoms with Crippen molar-refractivity contribution in [1.29, 1.82) is 0 Å². The number of aromatic nitrogens is 3. The Bertz CT molecular complexity index is 749. The van der Waals surface area contributed by atoms with E-state index in [9.17, 15) is 4.79 Å². The van der Waals surface area contributed by atoms with Gasteiger partial charge in [-0.2, -0.15) is 15.0 Å². The van der Waals surface area contributed by atoms with E-state index in [0.29, 0.717) is 49.6 Å². The number of rotatable bonds is 6. The molecule has 8 nitrogen and oxygen atoms in total. The minimum atomic E-state index is 0.110. The summed E-state index contributed by atoms with van der Waals surface area (Å²) >= 11 is 1.47. The van der Waals surface area contributed by atoms with Crippen LogP contribution in [0.3, 0.4) is 0 Å². The molecule has 1 saturated heterocycles. The van der Waals surface area contributed by atoms with E-state index in [1.165, 1.54) is 17.3 Å². The van der Waals surface area contributed by atoms with Gasteiger partial charge in [0.05, 0.1) is 24.7 Å². The highest BCUT2D eigenvalue weighted by Gasteiger charge is 2.16. The van der Waals surface area contributed by atoms with E-state index in [2.05, 4.69) is 20.3 Å². The summed E-state index contributed by atoms with van der Waals surface area (Å²) in [6.45, 7) is 4.55. The molecular weight excluding hydrogens is 352 g/mol. The summed E-state index contributed by atoms with van der Waals surface area (Å²) in [5, 5.41) is 3.12. The number of anilines is 3. The Hall–Kier alpha value is -2.39. The molecule has 2 aromatic rings. The van der Waals surface area contributed by atoms with Crippen molar-refractivity contribution in [2.24, 2.45) is 0 Å². The number of aryl methyl sites for hydroxylation is 1. The average Bonchev–Trinajstić information content (AvgIpc) is 2.64. The van der Waals surface area contributed by atoms with Gasteiger partial charge in [-0.25, -0.2) is 0 Å². The molecule has 9 heteroatoms. The number of amides is 1. The molecular formula is C17H22N6O2S. The van der Waals surface area contributed by atoms with Gasteiger partial charge in [-0.05, 0) is 19.1 Å². The van der Waals surface area contributed by atoms with E-state index in [1.54, 1.807) is 0 Å². The molecule has 0 aliphatic carbocycles. The maximum absolute atomic E-state index is 12.2. The van der Waals surface area contributed by atoms with Crippen molar-refractivity contribution in [3.8, 4) is 0 Å². The first kappa shape index (κ1) is 18.4. The Morgan fingerprint density at radius 2 is 1.96 bits per heavy atom. The smallest absolute Gasteiger partial charge is 0.232 e. The number of hydrogen-bond acceptors (Lipinski definition) is 8. The second-order valence-corrected chi connectivity index (χ2v) is 6.90. The first-order valence-electron chi connectivity index (χ1n) is 8.37. The lowest BCUT2D eigenvalue weighted by atomic mass is 10.2. The summed E-state index contributed by atoms with van der Waals surface area (Å²) in [6, 6.07) is 7.90. The zero-order chi connectivity index (χ0) is 18.4. The normalized spacial score (nSPS) is 14.3. The maximum Gasteiger partial charge on any atom is 0.232 e. The van der Waals surface area contributed by atoms with Crippen LogP contribution in [-0.2, 0) is 15.3 Å². The van der Waals surface area contributed by atoms with E-state index < -0.39 is 0 Å². The highest BCUT2D eigenvalue weighted by atomic mass is 32.2. The van der Waals surface area contributed by atoms with Crippen LogP contribution in [0.2, 0.25) is 0 Å². The summed E-state index contributed by atoms with van der Waals surface area (Å²) in [6.07, 6.45) is 0. The molecule has 1 aromatic carbocycles. The van der Waals surface area contributed by atoms with E-state index in [1.807, 2.05) is 36.1 Å². The van der Waals surface area contributed by atoms with Gasteiger partial charge in [0.25, 0.3) is 0 Å². The minimum absolute atomic E-state index is 0.110. The predicted molar refractivity (Wildman–Crippen MR) is 102 cm³/mol. The van der Waals surface area contributed by atoms with Gasteiger partial charge < -0.3 is 20.7 Å². The molecule has 138 valence electrons. The minimum Gasteiger partial charge on any atom is -0.378 e. The number of thioether (sulfide) groups is 1. The van der Waals surface area contributed by atoms with Crippen LogP contribution in [0.5, 0.6) is 0 Å². The third kappa shape index (κ3) is 5.30. The molecule has 1 aliphatic heterocycles. The van der Waals surface area contributed by atoms with E-state index in [0.717, 1.165) is 5.69 Å². The van der Waals surface area contributed by atoms with Gasteiger partial charge in [-0.1, -0.05) is 17.7 Å². The first-order chi connectivity index (χ1) is 12.6. The number of nitrogens with one attached hydrogen (secondary N) is 1. The fraction of sp³-hybridized carbons (Fsp3) is 0.412. The molecule has 3 rings (SSSR count). The van der Waals surface area contributed by atoms with Gasteiger partial charge in [0, 0.05) is 18.8 Å². The standard InChI is InChI=1S/C17H22N6O2S/c1-12-2-4-13(5-3-12)19-17-21-14(20-16(18)22-17)10-26-11-15(24)23-6-8-25-9-7-23/h2-5H,6-11H2,1H3,(H3,18,19,20,21,22). The van der Waals surface area contributed by atoms with E-state index in [4.69, 9.17) is 10.5 Å². The molecule has 0 spiro atoms. The highest BCUT2D eigenvalue weighted by molar-refractivity contribution is 7.99. The third-order valence-corrected chi connectivity index (χ3v) is 4.74. The molecule has 0 atom stereocenters. The fourth-order valence-electron chi connectivity index (χ4n) is 2.46. The quantitative estimate of drug-likeness (QED) is 0.785. The number of carbonyl (C=O) groups is 1. The topological polar surface area (TPSA) is 106 Å². The first-order valence-corrected chi connectivity index (χ1v) is 9.53. The lowest BCUT2D eigenvalue weighted by Crippen LogP contribution is -2.41. The van der Waals surface area contributed by atoms with Crippen molar-refractivity contribution in [3.05, 3.63) is 35.7 Å². The van der Waals surface area contributed by atoms with Crippen molar-refractivity contribution >= 4 is 35.3 Å². The number of nitrogens with two attached hydrogens (primary N) is 1. The number of carbonyl (C=O) groups excluding carboxylic acids is 1. The number of morpholine rings is 1. The van der Waals surface area contributed by atoms with Crippen molar-refractivity contribution in [3.63, 3.8) is 0 Å². The van der Waals surface area contributed by atoms with Crippen LogP contribution in [0.4, 0.5) is 17.6 Å². The van der Waals surface area contributed by atoms with Crippen LogP contribution in [-0.4, -0.2) is 57.8 Å². The largest absolute Gasteiger partial charge is 0.378 e. The number of benzene rings is 1. The highest BCUT2D eigenvalue weighted by Crippen LogP contribution is 2.16. The predicted octanol–water partition coefficient (Wildman–Crippen LogP) is 1.60. The Balaban J connectivity index is 1.55. The second-order valence-electron chi connectivity index (χ2n) is 5.91. The van der Waals surface area contributed by atoms with E-state index in [-0.39, 0.29) is 11.9 Å². The molecule has 0 bridgehead atoms. The monoisotopic (exact) mass is 374 g/mol. The SMILES string of the molecule is Cc1ccc(Nc2nc(N)nc(CSCC(=O)N3CCOCC3)n2)cc1. The summed E-state index contributed by atoms with van der Waals surface area (Å²) in [7, 11) is 0. The molecule has 26 heavy (non-hydrogen) atoms. The Morgan fingerprint density at radius 1 is 1.23 bits per heavy atom. The van der Waals surface area contributed by atoms with Gasteiger partial charge in [-0.3, -0.25) is 4.79 Å². The van der Waals surface area contributed by atoms with Crippen molar-refractivity contribution in [2.45, 2.75) is 12.7 Å². The Kier molecular flexibility index (Phi) is 6.24. The summed E-state index contributed by atoms with van der Waals surface area (Å²) < 4.78 is 5.26. The number of hydrogen-bond donors (Lipinski definition) is 2. The lowest BCUT2D eigenvalue weighted by molar-refractivity contribution is -0.132. The lowest BCUT2D eigenvalue weighted by Gasteiger charge is -2.26. The number of nitrogen functional groups attached to an aromatic ring is 1. The molecule has 1 aliphatic rings. The maximum atomic E-state index is 12.2. The Morgan fingerprint density at radius 3 is 2.69 bits per heavy atom. The third-order valence-electron chi connectivity index (χ3n) is 3.83. The van der Waals surface area contributed by atoms with Crippen molar-refractivity contribution in [1.82, 2.24) is 19.9 Å². The fourth-order valence-corrected chi connectivity index (χ4v) is 3.23. The van der Waals surface area contributed by atoms with Gasteiger partial charge in [0.2, 0.25) is 17.8 Å². The van der Waals surface area contributed by atoms with Crippen LogP contribution < -0.4 is 11.1 Å². The molecule has 1 amide bonds. The van der Waals surface area contributed by atoms with Gasteiger partial charge >= 0.3 is 0 Å². The van der Waals surface area contributed by atoms with Crippen LogP contribution in [0.1, 0.15) is 11.4 Å². The number of nitrogens with zero attached hydrogens (tertiary/aromatic N) is 4. The van der Waals surface area contributed by atoms with Crippen molar-refractivity contribution in [2.75, 3.05) is 43.1 Å². The van der Waals surface area contributed by atoms with Gasteiger partial charge in [0.15, 0.2) is 0 Å². The summed E-state index contributed by atoms with van der Waals surface area (Å²) in [5.41, 5.74) is 7.84. The molecule has 0 unspecified atom stereocenters. The van der Waals surface area contributed by atoms with Crippen LogP contribution in [0, 0.1) is 6.92 Å². The van der Waals surface area contributed by atoms with Crippen LogP contribution >= 0.6 is 11.8 Å².